The normalized spacial score (nSPS) is 15.8. The molecular formula is C13H19ClN2O5S2. The number of hydrogen-bond donors (Lipinski definition) is 1. The van der Waals surface area contributed by atoms with Crippen LogP contribution in [-0.2, 0) is 20.0 Å². The quantitative estimate of drug-likeness (QED) is 0.725. The minimum Gasteiger partial charge on any atom is -0.495 e. The summed E-state index contributed by atoms with van der Waals surface area (Å²) in [6.45, 7) is 0.0627. The highest BCUT2D eigenvalue weighted by Gasteiger charge is 2.34. The standard InChI is InChI=1S/C13H19ClN2O5S2/c1-21-12-6-3-10(14)9-13(12)23(19,20)15-7-8-16(11-4-5-11)22(2,17)18/h3,6,9,11,15H,4-5,7-8H2,1-2H3. The second-order valence-electron chi connectivity index (χ2n) is 5.30. The summed E-state index contributed by atoms with van der Waals surface area (Å²) in [6.07, 6.45) is 2.74. The SMILES string of the molecule is COc1ccc(Cl)cc1S(=O)(=O)NCCN(C1CC1)S(C)(=O)=O. The molecule has 0 amide bonds. The van der Waals surface area contributed by atoms with E-state index < -0.39 is 20.0 Å². The van der Waals surface area contributed by atoms with Gasteiger partial charge in [-0.1, -0.05) is 11.6 Å². The summed E-state index contributed by atoms with van der Waals surface area (Å²) in [5.41, 5.74) is 0. The number of ether oxygens (including phenoxy) is 1. The third kappa shape index (κ3) is 4.80. The molecule has 0 aliphatic heterocycles. The van der Waals surface area contributed by atoms with Gasteiger partial charge in [0.2, 0.25) is 20.0 Å². The molecule has 1 aromatic carbocycles. The first-order valence-electron chi connectivity index (χ1n) is 6.95. The molecule has 7 nitrogen and oxygen atoms in total. The number of sulfonamides is 2. The van der Waals surface area contributed by atoms with Gasteiger partial charge in [0.05, 0.1) is 13.4 Å². The first-order chi connectivity index (χ1) is 10.6. The molecule has 23 heavy (non-hydrogen) atoms. The molecule has 0 atom stereocenters. The van der Waals surface area contributed by atoms with Crippen LogP contribution in [0, 0.1) is 0 Å². The van der Waals surface area contributed by atoms with Crippen LogP contribution in [0.2, 0.25) is 5.02 Å². The van der Waals surface area contributed by atoms with E-state index in [1.54, 1.807) is 0 Å². The van der Waals surface area contributed by atoms with E-state index in [0.29, 0.717) is 0 Å². The molecule has 0 unspecified atom stereocenters. The molecule has 1 saturated carbocycles. The van der Waals surface area contributed by atoms with Gasteiger partial charge in [-0.2, -0.15) is 4.31 Å². The van der Waals surface area contributed by atoms with Crippen LogP contribution in [0.25, 0.3) is 0 Å². The molecule has 1 N–H and O–H groups in total. The summed E-state index contributed by atoms with van der Waals surface area (Å²) in [7, 11) is -5.84. The molecule has 0 heterocycles. The Kier molecular flexibility index (Phi) is 5.57. The molecule has 1 aliphatic carbocycles. The second kappa shape index (κ2) is 6.94. The van der Waals surface area contributed by atoms with Crippen molar-refractivity contribution in [2.75, 3.05) is 26.5 Å². The zero-order valence-electron chi connectivity index (χ0n) is 12.8. The molecule has 1 aliphatic rings. The smallest absolute Gasteiger partial charge is 0.244 e. The minimum atomic E-state index is -3.85. The molecule has 1 aromatic rings. The van der Waals surface area contributed by atoms with E-state index in [0.717, 1.165) is 19.1 Å². The van der Waals surface area contributed by atoms with Crippen LogP contribution in [0.5, 0.6) is 5.75 Å². The highest BCUT2D eigenvalue weighted by atomic mass is 35.5. The van der Waals surface area contributed by atoms with Crippen molar-refractivity contribution in [3.63, 3.8) is 0 Å². The largest absolute Gasteiger partial charge is 0.495 e. The fraction of sp³-hybridized carbons (Fsp3) is 0.538. The number of rotatable bonds is 8. The van der Waals surface area contributed by atoms with Crippen molar-refractivity contribution in [3.8, 4) is 5.75 Å². The van der Waals surface area contributed by atoms with E-state index in [1.165, 1.54) is 29.6 Å². The average Bonchev–Trinajstić information content (AvgIpc) is 3.26. The first kappa shape index (κ1) is 18.5. The van der Waals surface area contributed by atoms with Crippen LogP contribution in [0.3, 0.4) is 0 Å². The second-order valence-corrected chi connectivity index (χ2v) is 9.40. The Bertz CT molecular complexity index is 776. The number of hydrogen-bond acceptors (Lipinski definition) is 5. The molecule has 130 valence electrons. The number of methoxy groups -OCH3 is 1. The third-order valence-corrected chi connectivity index (χ3v) is 6.47. The van der Waals surface area contributed by atoms with E-state index in [-0.39, 0.29) is 34.8 Å². The van der Waals surface area contributed by atoms with Gasteiger partial charge in [-0.05, 0) is 31.0 Å². The molecule has 0 aromatic heterocycles. The summed E-state index contributed by atoms with van der Waals surface area (Å²) in [5, 5.41) is 0.266. The van der Waals surface area contributed by atoms with Gasteiger partial charge in [0.1, 0.15) is 10.6 Å². The lowest BCUT2D eigenvalue weighted by atomic mass is 10.3. The maximum Gasteiger partial charge on any atom is 0.244 e. The van der Waals surface area contributed by atoms with E-state index in [9.17, 15) is 16.8 Å². The number of nitrogens with one attached hydrogen (secondary N) is 1. The maximum atomic E-state index is 12.4. The van der Waals surface area contributed by atoms with E-state index in [1.807, 2.05) is 0 Å². The molecule has 0 saturated heterocycles. The fourth-order valence-electron chi connectivity index (χ4n) is 2.21. The summed E-state index contributed by atoms with van der Waals surface area (Å²) in [5.74, 6) is 0.170. The van der Waals surface area contributed by atoms with Crippen LogP contribution in [0.15, 0.2) is 23.1 Å². The number of nitrogens with zero attached hydrogens (tertiary/aromatic N) is 1. The minimum absolute atomic E-state index is 0.0183. The third-order valence-electron chi connectivity index (χ3n) is 3.42. The Morgan fingerprint density at radius 1 is 1.30 bits per heavy atom. The van der Waals surface area contributed by atoms with Crippen LogP contribution in [0.4, 0.5) is 0 Å². The van der Waals surface area contributed by atoms with Gasteiger partial charge in [0.25, 0.3) is 0 Å². The number of halogens is 1. The zero-order valence-corrected chi connectivity index (χ0v) is 15.2. The Balaban J connectivity index is 2.09. The molecule has 2 rings (SSSR count). The monoisotopic (exact) mass is 382 g/mol. The van der Waals surface area contributed by atoms with Gasteiger partial charge in [-0.3, -0.25) is 0 Å². The molecule has 10 heteroatoms. The van der Waals surface area contributed by atoms with Crippen LogP contribution >= 0.6 is 11.6 Å². The van der Waals surface area contributed by atoms with Crippen molar-refractivity contribution in [1.29, 1.82) is 0 Å². The van der Waals surface area contributed by atoms with Crippen molar-refractivity contribution >= 4 is 31.6 Å². The molecular weight excluding hydrogens is 364 g/mol. The summed E-state index contributed by atoms with van der Waals surface area (Å²) in [4.78, 5) is -0.0789. The fourth-order valence-corrected chi connectivity index (χ4v) is 4.84. The van der Waals surface area contributed by atoms with Crippen LogP contribution < -0.4 is 9.46 Å². The van der Waals surface area contributed by atoms with Crippen molar-refractivity contribution < 1.29 is 21.6 Å². The van der Waals surface area contributed by atoms with Gasteiger partial charge in [-0.15, -0.1) is 0 Å². The maximum absolute atomic E-state index is 12.4. The van der Waals surface area contributed by atoms with Crippen LogP contribution in [-0.4, -0.2) is 53.6 Å². The lowest BCUT2D eigenvalue weighted by Crippen LogP contribution is -2.39. The van der Waals surface area contributed by atoms with E-state index in [2.05, 4.69) is 4.72 Å². The summed E-state index contributed by atoms with van der Waals surface area (Å²) >= 11 is 5.84. The Hall–Kier alpha value is -0.870. The zero-order chi connectivity index (χ0) is 17.3. The predicted molar refractivity (Wildman–Crippen MR) is 87.8 cm³/mol. The number of benzene rings is 1. The van der Waals surface area contributed by atoms with E-state index >= 15 is 0 Å². The molecule has 0 bridgehead atoms. The lowest BCUT2D eigenvalue weighted by Gasteiger charge is -2.19. The van der Waals surface area contributed by atoms with Gasteiger partial charge in [0, 0.05) is 24.2 Å². The highest BCUT2D eigenvalue weighted by Crippen LogP contribution is 2.29. The van der Waals surface area contributed by atoms with Gasteiger partial charge >= 0.3 is 0 Å². The van der Waals surface area contributed by atoms with Crippen LogP contribution in [0.1, 0.15) is 12.8 Å². The lowest BCUT2D eigenvalue weighted by molar-refractivity contribution is 0.400. The van der Waals surface area contributed by atoms with Crippen molar-refractivity contribution in [2.45, 2.75) is 23.8 Å². The van der Waals surface area contributed by atoms with Gasteiger partial charge in [-0.25, -0.2) is 21.6 Å². The Labute approximate surface area is 141 Å². The van der Waals surface area contributed by atoms with Crippen molar-refractivity contribution in [2.24, 2.45) is 0 Å². The van der Waals surface area contributed by atoms with Crippen molar-refractivity contribution in [1.82, 2.24) is 9.03 Å². The van der Waals surface area contributed by atoms with Gasteiger partial charge < -0.3 is 4.74 Å². The summed E-state index contributed by atoms with van der Waals surface area (Å²) in [6, 6.07) is 4.26. The average molecular weight is 383 g/mol. The topological polar surface area (TPSA) is 92.8 Å². The first-order valence-corrected chi connectivity index (χ1v) is 10.7. The summed E-state index contributed by atoms with van der Waals surface area (Å²) < 4.78 is 56.9. The molecule has 1 fully saturated rings. The predicted octanol–water partition coefficient (Wildman–Crippen LogP) is 1.05. The molecule has 0 radical (unpaired) electrons. The Morgan fingerprint density at radius 2 is 1.96 bits per heavy atom. The molecule has 0 spiro atoms. The van der Waals surface area contributed by atoms with Gasteiger partial charge in [0.15, 0.2) is 0 Å². The van der Waals surface area contributed by atoms with Crippen molar-refractivity contribution in [3.05, 3.63) is 23.2 Å². The highest BCUT2D eigenvalue weighted by molar-refractivity contribution is 7.89. The van der Waals surface area contributed by atoms with E-state index in [4.69, 9.17) is 16.3 Å². The Morgan fingerprint density at radius 3 is 2.48 bits per heavy atom.